The summed E-state index contributed by atoms with van der Waals surface area (Å²) in [7, 11) is 3.65. The molecule has 1 aromatic heterocycles. The van der Waals surface area contributed by atoms with Gasteiger partial charge in [0.2, 0.25) is 0 Å². The van der Waals surface area contributed by atoms with E-state index in [0.29, 0.717) is 26.4 Å². The van der Waals surface area contributed by atoms with E-state index in [4.69, 9.17) is 9.47 Å². The second kappa shape index (κ2) is 11.0. The molecule has 2 N–H and O–H groups in total. The number of ether oxygens (including phenoxy) is 2. The van der Waals surface area contributed by atoms with E-state index < -0.39 is 0 Å². The average Bonchev–Trinajstić information content (AvgIpc) is 2.77. The molecule has 138 valence electrons. The molecule has 1 unspecified atom stereocenters. The topological polar surface area (TPSA) is 72.7 Å². The van der Waals surface area contributed by atoms with Crippen LogP contribution in [-0.2, 0) is 22.9 Å². The Bertz CT molecular complexity index is 513. The van der Waals surface area contributed by atoms with Crippen molar-refractivity contribution in [2.45, 2.75) is 40.2 Å². The van der Waals surface area contributed by atoms with Gasteiger partial charge in [-0.15, -0.1) is 0 Å². The van der Waals surface area contributed by atoms with Crippen LogP contribution in [0.15, 0.2) is 4.99 Å². The van der Waals surface area contributed by atoms with Crippen LogP contribution in [0.25, 0.3) is 0 Å². The summed E-state index contributed by atoms with van der Waals surface area (Å²) in [5.41, 5.74) is 3.61. The van der Waals surface area contributed by atoms with Gasteiger partial charge in [0.15, 0.2) is 5.96 Å². The summed E-state index contributed by atoms with van der Waals surface area (Å²) in [6.45, 7) is 11.7. The van der Waals surface area contributed by atoms with E-state index in [-0.39, 0.29) is 6.04 Å². The first-order chi connectivity index (χ1) is 11.5. The van der Waals surface area contributed by atoms with Gasteiger partial charge in [0.25, 0.3) is 0 Å². The van der Waals surface area contributed by atoms with Crippen LogP contribution >= 0.6 is 0 Å². The van der Waals surface area contributed by atoms with Gasteiger partial charge < -0.3 is 20.1 Å². The highest BCUT2D eigenvalue weighted by Gasteiger charge is 2.13. The highest BCUT2D eigenvalue weighted by molar-refractivity contribution is 5.80. The Hall–Kier alpha value is -1.60. The van der Waals surface area contributed by atoms with Crippen molar-refractivity contribution in [3.05, 3.63) is 17.0 Å². The number of nitrogens with zero attached hydrogens (tertiary/aromatic N) is 3. The molecule has 0 aliphatic heterocycles. The standard InChI is InChI=1S/C17H33N5O2/c1-7-18-17(19-8-9-24-11-10-23-6)20-13(2)12-16-14(3)21-22(5)15(16)4/h13H,7-12H2,1-6H3,(H2,18,19,20). The molecule has 0 aromatic carbocycles. The molecule has 0 radical (unpaired) electrons. The van der Waals surface area contributed by atoms with Crippen LogP contribution in [0.1, 0.15) is 30.8 Å². The molecule has 0 saturated heterocycles. The van der Waals surface area contributed by atoms with Crippen LogP contribution in [0.4, 0.5) is 0 Å². The summed E-state index contributed by atoms with van der Waals surface area (Å²) in [6.07, 6.45) is 0.917. The lowest BCUT2D eigenvalue weighted by Crippen LogP contribution is -2.43. The van der Waals surface area contributed by atoms with E-state index in [1.54, 1.807) is 7.11 Å². The van der Waals surface area contributed by atoms with Crippen molar-refractivity contribution in [2.75, 3.05) is 40.0 Å². The zero-order valence-corrected chi connectivity index (χ0v) is 16.0. The van der Waals surface area contributed by atoms with Crippen LogP contribution in [-0.4, -0.2) is 61.8 Å². The van der Waals surface area contributed by atoms with Crippen LogP contribution in [0, 0.1) is 13.8 Å². The van der Waals surface area contributed by atoms with E-state index in [1.807, 2.05) is 11.7 Å². The van der Waals surface area contributed by atoms with E-state index in [0.717, 1.165) is 24.6 Å². The zero-order valence-electron chi connectivity index (χ0n) is 16.0. The minimum Gasteiger partial charge on any atom is -0.382 e. The van der Waals surface area contributed by atoms with Gasteiger partial charge >= 0.3 is 0 Å². The van der Waals surface area contributed by atoms with Gasteiger partial charge in [-0.1, -0.05) is 0 Å². The van der Waals surface area contributed by atoms with Gasteiger partial charge in [-0.05, 0) is 39.7 Å². The molecule has 7 heteroatoms. The van der Waals surface area contributed by atoms with Gasteiger partial charge in [-0.25, -0.2) is 0 Å². The van der Waals surface area contributed by atoms with Crippen LogP contribution in [0.2, 0.25) is 0 Å². The molecule has 0 aliphatic rings. The lowest BCUT2D eigenvalue weighted by atomic mass is 10.1. The zero-order chi connectivity index (χ0) is 17.9. The molecular weight excluding hydrogens is 306 g/mol. The molecule has 0 amide bonds. The van der Waals surface area contributed by atoms with Crippen molar-refractivity contribution in [3.8, 4) is 0 Å². The Morgan fingerprint density at radius 1 is 1.29 bits per heavy atom. The molecule has 0 spiro atoms. The third-order valence-corrected chi connectivity index (χ3v) is 3.83. The Morgan fingerprint density at radius 3 is 2.62 bits per heavy atom. The number of aliphatic imine (C=N–C) groups is 1. The van der Waals surface area contributed by atoms with Crippen molar-refractivity contribution in [3.63, 3.8) is 0 Å². The highest BCUT2D eigenvalue weighted by Crippen LogP contribution is 2.14. The van der Waals surface area contributed by atoms with Crippen molar-refractivity contribution >= 4 is 5.96 Å². The number of rotatable bonds is 10. The van der Waals surface area contributed by atoms with Crippen LogP contribution < -0.4 is 10.6 Å². The Labute approximate surface area is 145 Å². The van der Waals surface area contributed by atoms with E-state index in [9.17, 15) is 0 Å². The summed E-state index contributed by atoms with van der Waals surface area (Å²) in [5, 5.41) is 11.2. The van der Waals surface area contributed by atoms with E-state index in [1.165, 1.54) is 11.3 Å². The average molecular weight is 339 g/mol. The second-order valence-electron chi connectivity index (χ2n) is 5.89. The van der Waals surface area contributed by atoms with E-state index in [2.05, 4.69) is 48.4 Å². The minimum atomic E-state index is 0.263. The molecule has 0 aliphatic carbocycles. The quantitative estimate of drug-likeness (QED) is 0.380. The number of aryl methyl sites for hydroxylation is 2. The van der Waals surface area contributed by atoms with E-state index >= 15 is 0 Å². The summed E-state index contributed by atoms with van der Waals surface area (Å²) >= 11 is 0. The van der Waals surface area contributed by atoms with Crippen molar-refractivity contribution in [1.29, 1.82) is 0 Å². The van der Waals surface area contributed by atoms with Gasteiger partial charge in [-0.2, -0.15) is 5.10 Å². The maximum Gasteiger partial charge on any atom is 0.191 e. The highest BCUT2D eigenvalue weighted by atomic mass is 16.5. The molecule has 7 nitrogen and oxygen atoms in total. The predicted molar refractivity (Wildman–Crippen MR) is 97.7 cm³/mol. The fourth-order valence-corrected chi connectivity index (χ4v) is 2.49. The van der Waals surface area contributed by atoms with Crippen LogP contribution in [0.5, 0.6) is 0 Å². The Morgan fingerprint density at radius 2 is 2.04 bits per heavy atom. The molecule has 24 heavy (non-hydrogen) atoms. The first-order valence-electron chi connectivity index (χ1n) is 8.60. The molecule has 0 bridgehead atoms. The van der Waals surface area contributed by atoms with Gasteiger partial charge in [0.05, 0.1) is 32.1 Å². The fourth-order valence-electron chi connectivity index (χ4n) is 2.49. The third kappa shape index (κ3) is 6.88. The Kier molecular flexibility index (Phi) is 9.41. The second-order valence-corrected chi connectivity index (χ2v) is 5.89. The number of methoxy groups -OCH3 is 1. The van der Waals surface area contributed by atoms with Crippen LogP contribution in [0.3, 0.4) is 0 Å². The number of hydrogen-bond donors (Lipinski definition) is 2. The van der Waals surface area contributed by atoms with Gasteiger partial charge in [0, 0.05) is 32.4 Å². The monoisotopic (exact) mass is 339 g/mol. The van der Waals surface area contributed by atoms with Crippen molar-refractivity contribution in [2.24, 2.45) is 12.0 Å². The summed E-state index contributed by atoms with van der Waals surface area (Å²) in [6, 6.07) is 0.263. The Balaban J connectivity index is 2.51. The summed E-state index contributed by atoms with van der Waals surface area (Å²) in [4.78, 5) is 4.55. The molecule has 0 fully saturated rings. The van der Waals surface area contributed by atoms with Gasteiger partial charge in [0.1, 0.15) is 0 Å². The fraction of sp³-hybridized carbons (Fsp3) is 0.765. The minimum absolute atomic E-state index is 0.263. The molecule has 1 atom stereocenters. The summed E-state index contributed by atoms with van der Waals surface area (Å²) in [5.74, 6) is 0.819. The normalized spacial score (nSPS) is 13.2. The first-order valence-corrected chi connectivity index (χ1v) is 8.60. The lowest BCUT2D eigenvalue weighted by molar-refractivity contribution is 0.0748. The lowest BCUT2D eigenvalue weighted by Gasteiger charge is -2.18. The molecule has 1 rings (SSSR count). The first kappa shape index (κ1) is 20.4. The number of hydrogen-bond acceptors (Lipinski definition) is 4. The SMILES string of the molecule is CCNC(=NCCOCCOC)NC(C)Cc1c(C)nn(C)c1C. The molecule has 1 heterocycles. The molecule has 0 saturated carbocycles. The number of aromatic nitrogens is 2. The van der Waals surface area contributed by atoms with Gasteiger partial charge in [-0.3, -0.25) is 9.67 Å². The maximum atomic E-state index is 5.44. The molecule has 1 aromatic rings. The molecular formula is C17H33N5O2. The third-order valence-electron chi connectivity index (χ3n) is 3.83. The smallest absolute Gasteiger partial charge is 0.191 e. The summed E-state index contributed by atoms with van der Waals surface area (Å²) < 4.78 is 12.3. The maximum absolute atomic E-state index is 5.44. The predicted octanol–water partition coefficient (Wildman–Crippen LogP) is 1.19. The number of nitrogens with one attached hydrogen (secondary N) is 2. The van der Waals surface area contributed by atoms with Crippen molar-refractivity contribution < 1.29 is 9.47 Å². The number of guanidine groups is 1. The van der Waals surface area contributed by atoms with Crippen molar-refractivity contribution in [1.82, 2.24) is 20.4 Å². The largest absolute Gasteiger partial charge is 0.382 e.